The van der Waals surface area contributed by atoms with Crippen molar-refractivity contribution in [1.82, 2.24) is 5.32 Å². The molecule has 5 atom stereocenters. The van der Waals surface area contributed by atoms with Crippen LogP contribution in [0, 0.1) is 22.7 Å². The van der Waals surface area contributed by atoms with Crippen molar-refractivity contribution in [2.75, 3.05) is 6.61 Å². The Morgan fingerprint density at radius 2 is 2.00 bits per heavy atom. The van der Waals surface area contributed by atoms with E-state index in [9.17, 15) is 27.6 Å². The Balaban J connectivity index is 1.74. The van der Waals surface area contributed by atoms with Gasteiger partial charge in [-0.25, -0.2) is 0 Å². The van der Waals surface area contributed by atoms with Gasteiger partial charge in [0.05, 0.1) is 6.04 Å². The predicted molar refractivity (Wildman–Crippen MR) is 81.5 cm³/mol. The first kappa shape index (κ1) is 19.0. The second kappa shape index (κ2) is 5.85. The maximum absolute atomic E-state index is 12.4. The Hall–Kier alpha value is -1.80. The van der Waals surface area contributed by atoms with Crippen molar-refractivity contribution in [2.24, 2.45) is 22.7 Å². The van der Waals surface area contributed by atoms with Gasteiger partial charge in [0.2, 0.25) is 5.91 Å². The Kier molecular flexibility index (Phi) is 4.27. The van der Waals surface area contributed by atoms with Crippen molar-refractivity contribution in [1.29, 1.82) is 0 Å². The summed E-state index contributed by atoms with van der Waals surface area (Å²) in [4.78, 5) is 37.1. The van der Waals surface area contributed by atoms with Crippen molar-refractivity contribution in [3.8, 4) is 0 Å². The van der Waals surface area contributed by atoms with E-state index >= 15 is 0 Å². The van der Waals surface area contributed by atoms with Gasteiger partial charge in [0.25, 0.3) is 0 Å². The lowest BCUT2D eigenvalue weighted by Crippen LogP contribution is -2.53. The molecule has 3 aliphatic rings. The van der Waals surface area contributed by atoms with Crippen LogP contribution in [0.2, 0.25) is 0 Å². The molecule has 146 valence electrons. The maximum Gasteiger partial charge on any atom is 0.422 e. The van der Waals surface area contributed by atoms with Crippen LogP contribution in [0.25, 0.3) is 0 Å². The molecular weight excluding hydrogens is 355 g/mol. The van der Waals surface area contributed by atoms with Crippen LogP contribution in [0.3, 0.4) is 0 Å². The summed E-state index contributed by atoms with van der Waals surface area (Å²) in [5, 5.41) is 2.91. The molecule has 0 aromatic carbocycles. The molecule has 2 aliphatic carbocycles. The van der Waals surface area contributed by atoms with Gasteiger partial charge in [-0.3, -0.25) is 14.4 Å². The normalized spacial score (nSPS) is 35.4. The molecule has 1 saturated heterocycles. The first-order valence-electron chi connectivity index (χ1n) is 8.68. The van der Waals surface area contributed by atoms with E-state index in [0.717, 1.165) is 0 Å². The highest BCUT2D eigenvalue weighted by molar-refractivity contribution is 6.03. The Morgan fingerprint density at radius 3 is 2.58 bits per heavy atom. The molecule has 0 aromatic rings. The van der Waals surface area contributed by atoms with Gasteiger partial charge in [0.1, 0.15) is 6.10 Å². The van der Waals surface area contributed by atoms with Crippen LogP contribution in [0.5, 0.6) is 0 Å². The second-order valence-electron chi connectivity index (χ2n) is 8.08. The van der Waals surface area contributed by atoms with Gasteiger partial charge in [-0.05, 0) is 25.2 Å². The number of alkyl halides is 3. The lowest BCUT2D eigenvalue weighted by Gasteiger charge is -2.33. The van der Waals surface area contributed by atoms with Crippen molar-refractivity contribution in [3.63, 3.8) is 0 Å². The molecule has 1 amide bonds. The summed E-state index contributed by atoms with van der Waals surface area (Å²) in [5.74, 6) is -2.95. The number of carbonyl (C=O) groups excluding carboxylic acids is 3. The zero-order valence-electron chi connectivity index (χ0n) is 14.8. The number of nitrogens with one attached hydrogen (secondary N) is 1. The summed E-state index contributed by atoms with van der Waals surface area (Å²) in [7, 11) is 0. The van der Waals surface area contributed by atoms with E-state index in [-0.39, 0.29) is 18.2 Å². The number of esters is 2. The van der Waals surface area contributed by atoms with Crippen molar-refractivity contribution < 1.29 is 37.0 Å². The van der Waals surface area contributed by atoms with Crippen LogP contribution >= 0.6 is 0 Å². The molecule has 26 heavy (non-hydrogen) atoms. The van der Waals surface area contributed by atoms with Crippen LogP contribution in [-0.4, -0.2) is 42.8 Å². The number of hydrogen-bond donors (Lipinski definition) is 1. The molecule has 1 heterocycles. The minimum Gasteiger partial charge on any atom is -0.459 e. The van der Waals surface area contributed by atoms with E-state index in [1.807, 2.05) is 6.92 Å². The smallest absolute Gasteiger partial charge is 0.422 e. The average molecular weight is 377 g/mol. The minimum absolute atomic E-state index is 0.0428. The number of fused-ring (bicyclic) bond motifs is 1. The van der Waals surface area contributed by atoms with Crippen molar-refractivity contribution >= 4 is 17.8 Å². The topological polar surface area (TPSA) is 81.7 Å². The molecule has 1 aliphatic heterocycles. The molecule has 9 heteroatoms. The Bertz CT molecular complexity index is 647. The van der Waals surface area contributed by atoms with Gasteiger partial charge >= 0.3 is 18.1 Å². The number of carbonyl (C=O) groups is 3. The van der Waals surface area contributed by atoms with E-state index in [0.29, 0.717) is 12.8 Å². The summed E-state index contributed by atoms with van der Waals surface area (Å²) < 4.78 is 46.7. The molecule has 2 saturated carbocycles. The van der Waals surface area contributed by atoms with Gasteiger partial charge in [-0.15, -0.1) is 0 Å². The van der Waals surface area contributed by atoms with Crippen molar-refractivity contribution in [2.45, 2.75) is 58.4 Å². The summed E-state index contributed by atoms with van der Waals surface area (Å²) in [6.45, 7) is 3.76. The number of hydrogen-bond acceptors (Lipinski definition) is 5. The van der Waals surface area contributed by atoms with Gasteiger partial charge in [-0.2, -0.15) is 13.2 Å². The molecule has 2 bridgehead atoms. The van der Waals surface area contributed by atoms with Crippen LogP contribution in [0.15, 0.2) is 0 Å². The zero-order chi connectivity index (χ0) is 19.5. The lowest BCUT2D eigenvalue weighted by atomic mass is 9.72. The third kappa shape index (κ3) is 2.75. The molecule has 3 rings (SSSR count). The van der Waals surface area contributed by atoms with Gasteiger partial charge in [0.15, 0.2) is 12.0 Å². The largest absolute Gasteiger partial charge is 0.459 e. The van der Waals surface area contributed by atoms with E-state index in [1.54, 1.807) is 13.8 Å². The highest BCUT2D eigenvalue weighted by Crippen LogP contribution is 2.62. The molecule has 3 fully saturated rings. The highest BCUT2D eigenvalue weighted by Gasteiger charge is 2.74. The molecular formula is C17H22F3NO5. The summed E-state index contributed by atoms with van der Waals surface area (Å²) in [5.41, 5.74) is -2.25. The van der Waals surface area contributed by atoms with Crippen molar-refractivity contribution in [3.05, 3.63) is 0 Å². The summed E-state index contributed by atoms with van der Waals surface area (Å²) >= 11 is 0. The van der Waals surface area contributed by atoms with Gasteiger partial charge in [-0.1, -0.05) is 20.8 Å². The number of ether oxygens (including phenoxy) is 2. The number of halogens is 3. The molecule has 1 N–H and O–H groups in total. The zero-order valence-corrected chi connectivity index (χ0v) is 14.8. The fourth-order valence-corrected chi connectivity index (χ4v) is 4.30. The molecule has 5 unspecified atom stereocenters. The van der Waals surface area contributed by atoms with E-state index in [1.165, 1.54) is 0 Å². The molecule has 0 spiro atoms. The maximum atomic E-state index is 12.4. The van der Waals surface area contributed by atoms with E-state index < -0.39 is 53.6 Å². The van der Waals surface area contributed by atoms with Crippen LogP contribution in [0.1, 0.15) is 40.0 Å². The number of rotatable bonds is 5. The fraction of sp³-hybridized carbons (Fsp3) is 0.824. The quantitative estimate of drug-likeness (QED) is 0.585. The average Bonchev–Trinajstić information content (AvgIpc) is 3.14. The van der Waals surface area contributed by atoms with E-state index in [2.05, 4.69) is 10.1 Å². The van der Waals surface area contributed by atoms with Crippen LogP contribution in [0.4, 0.5) is 13.2 Å². The highest BCUT2D eigenvalue weighted by atomic mass is 19.4. The summed E-state index contributed by atoms with van der Waals surface area (Å²) in [6.07, 6.45) is -4.25. The van der Waals surface area contributed by atoms with Crippen LogP contribution < -0.4 is 5.32 Å². The monoisotopic (exact) mass is 377 g/mol. The lowest BCUT2D eigenvalue weighted by molar-refractivity contribution is -0.195. The minimum atomic E-state index is -4.66. The first-order chi connectivity index (χ1) is 11.9. The Labute approximate surface area is 148 Å². The van der Waals surface area contributed by atoms with Gasteiger partial charge in [0, 0.05) is 11.3 Å². The molecule has 0 aromatic heterocycles. The fourth-order valence-electron chi connectivity index (χ4n) is 4.30. The third-order valence-electron chi connectivity index (χ3n) is 6.17. The first-order valence-corrected chi connectivity index (χ1v) is 8.68. The SMILES string of the molecule is CCC(C)(C)C(=O)NC1C2CC3C1OC(=O)C3(C(=O)OCC(F)(F)F)C2. The van der Waals surface area contributed by atoms with E-state index in [4.69, 9.17) is 4.74 Å². The standard InChI is InChI=1S/C17H22F3NO5/c1-4-15(2,3)12(22)21-10-8-5-9-11(10)26-14(24)16(9,6-8)13(23)25-7-17(18,19)20/h8-11H,4-7H2,1-3H3,(H,21,22). The predicted octanol–water partition coefficient (Wildman–Crippen LogP) is 1.96. The number of amides is 1. The van der Waals surface area contributed by atoms with Gasteiger partial charge < -0.3 is 14.8 Å². The second-order valence-corrected chi connectivity index (χ2v) is 8.08. The Morgan fingerprint density at radius 1 is 1.35 bits per heavy atom. The van der Waals surface area contributed by atoms with Crippen LogP contribution in [-0.2, 0) is 23.9 Å². The third-order valence-corrected chi connectivity index (χ3v) is 6.17. The molecule has 6 nitrogen and oxygen atoms in total. The summed E-state index contributed by atoms with van der Waals surface area (Å²) in [6, 6.07) is -0.423. The molecule has 0 radical (unpaired) electrons.